The number of hydrogen-bond acceptors (Lipinski definition) is 2. The normalized spacial score (nSPS) is 11.2. The van der Waals surface area contributed by atoms with Gasteiger partial charge in [-0.2, -0.15) is 10.2 Å². The molecule has 0 saturated heterocycles. The van der Waals surface area contributed by atoms with E-state index >= 15 is 0 Å². The van der Waals surface area contributed by atoms with Crippen LogP contribution in [0.3, 0.4) is 0 Å². The fourth-order valence-corrected chi connectivity index (χ4v) is 2.00. The van der Waals surface area contributed by atoms with Gasteiger partial charge in [-0.05, 0) is 36.4 Å². The molecule has 2 aromatic rings. The van der Waals surface area contributed by atoms with Crippen LogP contribution in [-0.4, -0.2) is 8.07 Å². The summed E-state index contributed by atoms with van der Waals surface area (Å²) in [5.41, 5.74) is 6.08. The summed E-state index contributed by atoms with van der Waals surface area (Å²) in [6, 6.07) is 17.6. The van der Waals surface area contributed by atoms with Gasteiger partial charge in [-0.15, -0.1) is 5.54 Å². The third kappa shape index (κ3) is 4.83. The topological polar surface area (TPSA) is 24.7 Å². The Labute approximate surface area is 121 Å². The molecule has 0 aliphatic rings. The smallest absolute Gasteiger partial charge is 0.129 e. The number of hydrogen-bond donors (Lipinski definition) is 0. The molecule has 0 aliphatic heterocycles. The molecule has 100 valence electrons. The highest BCUT2D eigenvalue weighted by molar-refractivity contribution is 6.83. The molecule has 0 N–H and O–H groups in total. The van der Waals surface area contributed by atoms with Crippen molar-refractivity contribution in [3.63, 3.8) is 0 Å². The summed E-state index contributed by atoms with van der Waals surface area (Å²) < 4.78 is 0. The Kier molecular flexibility index (Phi) is 4.49. The molecule has 0 spiro atoms. The highest BCUT2D eigenvalue weighted by Gasteiger charge is 2.07. The van der Waals surface area contributed by atoms with Crippen molar-refractivity contribution in [2.75, 3.05) is 0 Å². The third-order valence-electron chi connectivity index (χ3n) is 2.49. The number of benzene rings is 2. The summed E-state index contributed by atoms with van der Waals surface area (Å²) >= 11 is 0. The van der Waals surface area contributed by atoms with Crippen molar-refractivity contribution < 1.29 is 0 Å². The van der Waals surface area contributed by atoms with Crippen LogP contribution in [0.2, 0.25) is 19.6 Å². The SMILES string of the molecule is C[Si](C)(C)C#Cc1ccc(N=Nc2ccccc2)cc1. The van der Waals surface area contributed by atoms with E-state index in [4.69, 9.17) is 0 Å². The summed E-state index contributed by atoms with van der Waals surface area (Å²) in [6.07, 6.45) is 0. The van der Waals surface area contributed by atoms with Crippen LogP contribution in [-0.2, 0) is 0 Å². The Morgan fingerprint density at radius 1 is 0.750 bits per heavy atom. The molecule has 0 bridgehead atoms. The minimum Gasteiger partial charge on any atom is -0.151 e. The van der Waals surface area contributed by atoms with Crippen molar-refractivity contribution in [2.45, 2.75) is 19.6 Å². The second-order valence-corrected chi connectivity index (χ2v) is 10.3. The first-order valence-electron chi connectivity index (χ1n) is 6.63. The van der Waals surface area contributed by atoms with Gasteiger partial charge in [0, 0.05) is 5.56 Å². The van der Waals surface area contributed by atoms with Crippen LogP contribution in [0.1, 0.15) is 5.56 Å². The van der Waals surface area contributed by atoms with Crippen molar-refractivity contribution in [2.24, 2.45) is 10.2 Å². The fraction of sp³-hybridized carbons (Fsp3) is 0.176. The summed E-state index contributed by atoms with van der Waals surface area (Å²) in [5, 5.41) is 8.40. The van der Waals surface area contributed by atoms with Crippen molar-refractivity contribution >= 4 is 19.4 Å². The Balaban J connectivity index is 2.09. The lowest BCUT2D eigenvalue weighted by atomic mass is 10.2. The van der Waals surface area contributed by atoms with Gasteiger partial charge in [0.25, 0.3) is 0 Å². The molecule has 0 heterocycles. The molecule has 0 aromatic heterocycles. The Morgan fingerprint density at radius 2 is 1.30 bits per heavy atom. The lowest BCUT2D eigenvalue weighted by molar-refractivity contribution is 1.23. The van der Waals surface area contributed by atoms with Gasteiger partial charge in [0.2, 0.25) is 0 Å². The molecule has 2 rings (SSSR count). The van der Waals surface area contributed by atoms with Crippen molar-refractivity contribution in [1.29, 1.82) is 0 Å². The number of nitrogens with zero attached hydrogens (tertiary/aromatic N) is 2. The maximum atomic E-state index is 4.21. The van der Waals surface area contributed by atoms with E-state index in [-0.39, 0.29) is 0 Å². The van der Waals surface area contributed by atoms with E-state index in [2.05, 4.69) is 41.3 Å². The van der Waals surface area contributed by atoms with Gasteiger partial charge < -0.3 is 0 Å². The van der Waals surface area contributed by atoms with Crippen LogP contribution >= 0.6 is 0 Å². The molecule has 0 amide bonds. The summed E-state index contributed by atoms with van der Waals surface area (Å²) in [5.74, 6) is 3.23. The van der Waals surface area contributed by atoms with E-state index in [0.29, 0.717) is 0 Å². The maximum Gasteiger partial charge on any atom is 0.129 e. The van der Waals surface area contributed by atoms with Gasteiger partial charge in [0.05, 0.1) is 11.4 Å². The van der Waals surface area contributed by atoms with Gasteiger partial charge in [0.1, 0.15) is 8.07 Å². The van der Waals surface area contributed by atoms with Crippen LogP contribution in [0.25, 0.3) is 0 Å². The zero-order chi connectivity index (χ0) is 14.4. The van der Waals surface area contributed by atoms with Crippen molar-refractivity contribution in [3.05, 3.63) is 60.2 Å². The summed E-state index contributed by atoms with van der Waals surface area (Å²) in [4.78, 5) is 0. The van der Waals surface area contributed by atoms with E-state index < -0.39 is 8.07 Å². The van der Waals surface area contributed by atoms with Crippen LogP contribution in [0.15, 0.2) is 64.8 Å². The molecule has 0 unspecified atom stereocenters. The van der Waals surface area contributed by atoms with E-state index in [1.807, 2.05) is 54.6 Å². The summed E-state index contributed by atoms with van der Waals surface area (Å²) in [7, 11) is -1.32. The van der Waals surface area contributed by atoms with Gasteiger partial charge in [-0.3, -0.25) is 0 Å². The van der Waals surface area contributed by atoms with Crippen LogP contribution in [0, 0.1) is 11.5 Å². The zero-order valence-corrected chi connectivity index (χ0v) is 13.1. The molecule has 0 fully saturated rings. The average Bonchev–Trinajstić information content (AvgIpc) is 2.44. The molecule has 2 aromatic carbocycles. The first kappa shape index (κ1) is 14.2. The fourth-order valence-electron chi connectivity index (χ4n) is 1.48. The average molecular weight is 278 g/mol. The molecule has 0 saturated carbocycles. The second-order valence-electron chi connectivity index (χ2n) is 5.58. The van der Waals surface area contributed by atoms with E-state index in [0.717, 1.165) is 16.9 Å². The van der Waals surface area contributed by atoms with Crippen LogP contribution in [0.5, 0.6) is 0 Å². The molecule has 3 heteroatoms. The molecule has 0 aliphatic carbocycles. The maximum absolute atomic E-state index is 4.21. The number of azo groups is 1. The molecule has 20 heavy (non-hydrogen) atoms. The third-order valence-corrected chi connectivity index (χ3v) is 3.36. The van der Waals surface area contributed by atoms with Gasteiger partial charge in [-0.25, -0.2) is 0 Å². The Morgan fingerprint density at radius 3 is 1.85 bits per heavy atom. The standard InChI is InChI=1S/C17H18N2Si/c1-20(2,3)14-13-15-9-11-17(12-10-15)19-18-16-7-5-4-6-8-16/h4-12H,1-3H3. The van der Waals surface area contributed by atoms with Gasteiger partial charge in [0.15, 0.2) is 0 Å². The molecule has 0 radical (unpaired) electrons. The first-order valence-corrected chi connectivity index (χ1v) is 10.1. The molecular weight excluding hydrogens is 260 g/mol. The highest BCUT2D eigenvalue weighted by atomic mass is 28.3. The minimum atomic E-state index is -1.32. The van der Waals surface area contributed by atoms with E-state index in [1.54, 1.807) is 0 Å². The van der Waals surface area contributed by atoms with Crippen LogP contribution in [0.4, 0.5) is 11.4 Å². The minimum absolute atomic E-state index is 0.840. The monoisotopic (exact) mass is 278 g/mol. The van der Waals surface area contributed by atoms with E-state index in [1.165, 1.54) is 0 Å². The van der Waals surface area contributed by atoms with Crippen LogP contribution < -0.4 is 0 Å². The second kappa shape index (κ2) is 6.31. The predicted octanol–water partition coefficient (Wildman–Crippen LogP) is 5.33. The Bertz CT molecular complexity index is 641. The lowest BCUT2D eigenvalue weighted by Gasteiger charge is -2.03. The zero-order valence-electron chi connectivity index (χ0n) is 12.1. The molecule has 0 atom stereocenters. The molecule has 2 nitrogen and oxygen atoms in total. The van der Waals surface area contributed by atoms with Gasteiger partial charge >= 0.3 is 0 Å². The predicted molar refractivity (Wildman–Crippen MR) is 87.3 cm³/mol. The first-order chi connectivity index (χ1) is 9.53. The highest BCUT2D eigenvalue weighted by Crippen LogP contribution is 2.18. The number of rotatable bonds is 2. The van der Waals surface area contributed by atoms with Gasteiger partial charge in [-0.1, -0.05) is 43.8 Å². The van der Waals surface area contributed by atoms with Crippen molar-refractivity contribution in [3.8, 4) is 11.5 Å². The quantitative estimate of drug-likeness (QED) is 0.403. The molecular formula is C17H18N2Si. The van der Waals surface area contributed by atoms with E-state index in [9.17, 15) is 0 Å². The summed E-state index contributed by atoms with van der Waals surface area (Å²) in [6.45, 7) is 6.72. The lowest BCUT2D eigenvalue weighted by Crippen LogP contribution is -2.16. The largest absolute Gasteiger partial charge is 0.151 e. The van der Waals surface area contributed by atoms with Crippen molar-refractivity contribution in [1.82, 2.24) is 0 Å². The Hall–Kier alpha value is -2.18.